The number of nitrogens with zero attached hydrogens (tertiary/aromatic N) is 4. The molecule has 0 atom stereocenters. The van der Waals surface area contributed by atoms with Crippen LogP contribution < -0.4 is 10.3 Å². The Bertz CT molecular complexity index is 1600. The van der Waals surface area contributed by atoms with Crippen LogP contribution in [0.15, 0.2) is 62.9 Å². The van der Waals surface area contributed by atoms with Gasteiger partial charge < -0.3 is 14.0 Å². The Morgan fingerprint density at radius 2 is 1.85 bits per heavy atom. The molecule has 0 N–H and O–H groups in total. The molecule has 9 heteroatoms. The first kappa shape index (κ1) is 26.9. The number of hydrogen-bond acceptors (Lipinski definition) is 6. The zero-order valence-corrected chi connectivity index (χ0v) is 23.9. The normalized spacial score (nSPS) is 14.3. The minimum Gasteiger partial charge on any atom is -0.482 e. The van der Waals surface area contributed by atoms with Gasteiger partial charge in [-0.3, -0.25) is 4.79 Å². The third-order valence-corrected chi connectivity index (χ3v) is 7.76. The summed E-state index contributed by atoms with van der Waals surface area (Å²) in [4.78, 5) is 29.9. The summed E-state index contributed by atoms with van der Waals surface area (Å²) in [5, 5.41) is 5.27. The summed E-state index contributed by atoms with van der Waals surface area (Å²) >= 11 is 3.48. The van der Waals surface area contributed by atoms with Crippen molar-refractivity contribution in [3.63, 3.8) is 0 Å². The summed E-state index contributed by atoms with van der Waals surface area (Å²) in [6.07, 6.45) is 7.27. The number of hydrogen-bond donors (Lipinski definition) is 0. The van der Waals surface area contributed by atoms with Crippen LogP contribution in [0.2, 0.25) is 0 Å². The summed E-state index contributed by atoms with van der Waals surface area (Å²) in [5.41, 5.74) is 4.42. The molecule has 0 saturated heterocycles. The smallest absolute Gasteiger partial charge is 0.343 e. The van der Waals surface area contributed by atoms with Crippen molar-refractivity contribution in [2.24, 2.45) is 5.10 Å². The van der Waals surface area contributed by atoms with Crippen LogP contribution in [0.4, 0.5) is 0 Å². The molecule has 1 aliphatic rings. The van der Waals surface area contributed by atoms with Crippen LogP contribution in [0, 0.1) is 13.8 Å². The minimum atomic E-state index is -0.430. The SMILES string of the molecule is COC(=O)COc1ccc(-n2c(C)cc(C=Nn3c(C4CCCCC4)nc4ccc(Br)cc4c3=O)c2C)cc1. The molecule has 4 aromatic rings. The quantitative estimate of drug-likeness (QED) is 0.193. The van der Waals surface area contributed by atoms with Gasteiger partial charge in [0.05, 0.1) is 24.2 Å². The van der Waals surface area contributed by atoms with Gasteiger partial charge >= 0.3 is 5.97 Å². The van der Waals surface area contributed by atoms with Crippen molar-refractivity contribution in [1.82, 2.24) is 14.2 Å². The third-order valence-electron chi connectivity index (χ3n) is 7.27. The number of fused-ring (bicyclic) bond motifs is 1. The van der Waals surface area contributed by atoms with Crippen molar-refractivity contribution in [2.45, 2.75) is 51.9 Å². The average Bonchev–Trinajstić information content (AvgIpc) is 3.24. The fourth-order valence-corrected chi connectivity index (χ4v) is 5.59. The van der Waals surface area contributed by atoms with Crippen LogP contribution in [0.1, 0.15) is 60.8 Å². The first-order valence-electron chi connectivity index (χ1n) is 13.1. The number of rotatable bonds is 7. The Morgan fingerprint density at radius 3 is 2.56 bits per heavy atom. The van der Waals surface area contributed by atoms with Gasteiger partial charge in [-0.25, -0.2) is 9.78 Å². The maximum absolute atomic E-state index is 13.6. The molecule has 0 amide bonds. The minimum absolute atomic E-state index is 0.138. The first-order chi connectivity index (χ1) is 18.9. The number of carbonyl (C=O) groups excluding carboxylic acids is 1. The highest BCUT2D eigenvalue weighted by atomic mass is 79.9. The summed E-state index contributed by atoms with van der Waals surface area (Å²) in [6.45, 7) is 3.91. The molecule has 2 aromatic carbocycles. The van der Waals surface area contributed by atoms with Gasteiger partial charge in [0, 0.05) is 33.0 Å². The lowest BCUT2D eigenvalue weighted by Crippen LogP contribution is -2.25. The Balaban J connectivity index is 1.49. The van der Waals surface area contributed by atoms with Crippen molar-refractivity contribution in [2.75, 3.05) is 13.7 Å². The fourth-order valence-electron chi connectivity index (χ4n) is 5.23. The molecule has 0 unspecified atom stereocenters. The van der Waals surface area contributed by atoms with E-state index in [0.717, 1.165) is 58.6 Å². The van der Waals surface area contributed by atoms with Crippen LogP contribution in [0.3, 0.4) is 0 Å². The van der Waals surface area contributed by atoms with Gasteiger partial charge in [-0.15, -0.1) is 0 Å². The number of halogens is 1. The fraction of sp³-hybridized carbons (Fsp3) is 0.333. The maximum atomic E-state index is 13.6. The third kappa shape index (κ3) is 5.68. The van der Waals surface area contributed by atoms with Gasteiger partial charge in [-0.1, -0.05) is 35.2 Å². The van der Waals surface area contributed by atoms with Gasteiger partial charge in [0.15, 0.2) is 6.61 Å². The van der Waals surface area contributed by atoms with Crippen LogP contribution >= 0.6 is 15.9 Å². The highest BCUT2D eigenvalue weighted by Crippen LogP contribution is 2.32. The van der Waals surface area contributed by atoms with E-state index in [4.69, 9.17) is 14.8 Å². The molecule has 0 radical (unpaired) electrons. The Hall–Kier alpha value is -3.72. The Labute approximate surface area is 235 Å². The summed E-state index contributed by atoms with van der Waals surface area (Å²) < 4.78 is 14.5. The van der Waals surface area contributed by atoms with E-state index in [2.05, 4.69) is 31.3 Å². The number of methoxy groups -OCH3 is 1. The lowest BCUT2D eigenvalue weighted by Gasteiger charge is -2.22. The summed E-state index contributed by atoms with van der Waals surface area (Å²) in [6, 6.07) is 15.2. The predicted octanol–water partition coefficient (Wildman–Crippen LogP) is 6.05. The van der Waals surface area contributed by atoms with Crippen LogP contribution in [-0.2, 0) is 9.53 Å². The predicted molar refractivity (Wildman–Crippen MR) is 155 cm³/mol. The zero-order chi connectivity index (χ0) is 27.5. The van der Waals surface area contributed by atoms with E-state index < -0.39 is 5.97 Å². The van der Waals surface area contributed by atoms with Crippen molar-refractivity contribution in [3.05, 3.63) is 86.1 Å². The molecule has 2 heterocycles. The van der Waals surface area contributed by atoms with E-state index in [-0.39, 0.29) is 18.1 Å². The molecule has 0 spiro atoms. The average molecular weight is 592 g/mol. The Morgan fingerprint density at radius 1 is 1.10 bits per heavy atom. The van der Waals surface area contributed by atoms with E-state index >= 15 is 0 Å². The number of carbonyl (C=O) groups is 1. The second kappa shape index (κ2) is 11.6. The van der Waals surface area contributed by atoms with Crippen molar-refractivity contribution in [3.8, 4) is 11.4 Å². The van der Waals surface area contributed by atoms with Gasteiger partial charge in [0.1, 0.15) is 11.6 Å². The lowest BCUT2D eigenvalue weighted by atomic mass is 9.88. The monoisotopic (exact) mass is 590 g/mol. The molecule has 39 heavy (non-hydrogen) atoms. The highest BCUT2D eigenvalue weighted by Gasteiger charge is 2.22. The van der Waals surface area contributed by atoms with E-state index in [1.165, 1.54) is 18.2 Å². The van der Waals surface area contributed by atoms with Crippen LogP contribution in [0.25, 0.3) is 16.6 Å². The number of aromatic nitrogens is 3. The second-order valence-corrected chi connectivity index (χ2v) is 10.8. The standard InChI is InChI=1S/C30H31BrN4O4/c1-19-15-22(20(2)34(19)24-10-12-25(13-11-24)39-18-28(36)38-3)17-32-35-29(21-7-5-4-6-8-21)33-27-14-9-23(31)16-26(27)30(35)37/h9-17,21H,4-8,18H2,1-3H3. The molecule has 1 saturated carbocycles. The summed E-state index contributed by atoms with van der Waals surface area (Å²) in [5.74, 6) is 1.10. The molecule has 0 aliphatic heterocycles. The Kier molecular flexibility index (Phi) is 7.97. The van der Waals surface area contributed by atoms with E-state index in [1.54, 1.807) is 6.21 Å². The van der Waals surface area contributed by atoms with Crippen LogP contribution in [-0.4, -0.2) is 40.1 Å². The van der Waals surface area contributed by atoms with Crippen molar-refractivity contribution < 1.29 is 14.3 Å². The number of ether oxygens (including phenoxy) is 2. The maximum Gasteiger partial charge on any atom is 0.343 e. The van der Waals surface area contributed by atoms with E-state index in [1.807, 2.05) is 56.3 Å². The van der Waals surface area contributed by atoms with E-state index in [0.29, 0.717) is 16.7 Å². The second-order valence-electron chi connectivity index (χ2n) is 9.85. The van der Waals surface area contributed by atoms with E-state index in [9.17, 15) is 9.59 Å². The van der Waals surface area contributed by atoms with Gasteiger partial charge in [0.2, 0.25) is 0 Å². The number of esters is 1. The molecule has 2 aromatic heterocycles. The van der Waals surface area contributed by atoms with Crippen LogP contribution in [0.5, 0.6) is 5.75 Å². The van der Waals surface area contributed by atoms with Gasteiger partial charge in [-0.05, 0) is 75.2 Å². The molecule has 1 fully saturated rings. The first-order valence-corrected chi connectivity index (χ1v) is 13.9. The topological polar surface area (TPSA) is 87.7 Å². The molecule has 1 aliphatic carbocycles. The molecule has 202 valence electrons. The van der Waals surface area contributed by atoms with Crippen molar-refractivity contribution >= 4 is 39.0 Å². The molecule has 8 nitrogen and oxygen atoms in total. The lowest BCUT2D eigenvalue weighted by molar-refractivity contribution is -0.142. The molecule has 5 rings (SSSR count). The number of aryl methyl sites for hydroxylation is 1. The highest BCUT2D eigenvalue weighted by molar-refractivity contribution is 9.10. The summed E-state index contributed by atoms with van der Waals surface area (Å²) in [7, 11) is 1.33. The number of benzene rings is 2. The van der Waals surface area contributed by atoms with Gasteiger partial charge in [-0.2, -0.15) is 9.78 Å². The molecular weight excluding hydrogens is 560 g/mol. The zero-order valence-electron chi connectivity index (χ0n) is 22.3. The largest absolute Gasteiger partial charge is 0.482 e. The van der Waals surface area contributed by atoms with Gasteiger partial charge in [0.25, 0.3) is 5.56 Å². The molecule has 0 bridgehead atoms. The molecular formula is C30H31BrN4O4. The van der Waals surface area contributed by atoms with Crippen molar-refractivity contribution in [1.29, 1.82) is 0 Å².